The summed E-state index contributed by atoms with van der Waals surface area (Å²) in [4.78, 5) is 56.0. The maximum absolute atomic E-state index is 11.4. The summed E-state index contributed by atoms with van der Waals surface area (Å²) in [5, 5.41) is 6.29. The van der Waals surface area contributed by atoms with E-state index < -0.39 is 48.9 Å². The van der Waals surface area contributed by atoms with Crippen LogP contribution in [0.25, 0.3) is 0 Å². The largest absolute Gasteiger partial charge is 0.449 e. The highest BCUT2D eigenvalue weighted by Crippen LogP contribution is 1.88. The first-order valence-corrected chi connectivity index (χ1v) is 7.31. The Hall–Kier alpha value is -2.69. The fourth-order valence-electron chi connectivity index (χ4n) is 1.35. The molecule has 0 spiro atoms. The first-order valence-electron chi connectivity index (χ1n) is 7.31. The Labute approximate surface area is 138 Å². The molecule has 11 heteroatoms. The van der Waals surface area contributed by atoms with Gasteiger partial charge in [0.05, 0.1) is 32.2 Å². The van der Waals surface area contributed by atoms with Crippen LogP contribution in [-0.2, 0) is 23.9 Å². The van der Waals surface area contributed by atoms with Gasteiger partial charge in [-0.2, -0.15) is 0 Å². The molecule has 11 nitrogen and oxygen atoms in total. The van der Waals surface area contributed by atoms with Gasteiger partial charge >= 0.3 is 6.09 Å². The van der Waals surface area contributed by atoms with Crippen molar-refractivity contribution in [3.05, 3.63) is 0 Å². The van der Waals surface area contributed by atoms with Crippen LogP contribution < -0.4 is 27.4 Å². The number of nitrogens with two attached hydrogens (primary N) is 2. The average molecular weight is 345 g/mol. The highest BCUT2D eigenvalue weighted by atomic mass is 16.5. The minimum absolute atomic E-state index is 0.194. The van der Waals surface area contributed by atoms with Gasteiger partial charge in [0.25, 0.3) is 0 Å². The molecule has 0 aromatic heterocycles. The summed E-state index contributed by atoms with van der Waals surface area (Å²) in [6, 6.07) is -1.16. The quantitative estimate of drug-likeness (QED) is 0.270. The van der Waals surface area contributed by atoms with E-state index in [0.717, 1.165) is 6.42 Å². The van der Waals surface area contributed by atoms with E-state index in [9.17, 15) is 24.0 Å². The second kappa shape index (κ2) is 11.8. The molecule has 0 saturated heterocycles. The molecule has 0 bridgehead atoms. The van der Waals surface area contributed by atoms with E-state index in [1.165, 1.54) is 0 Å². The molecular formula is C13H23N5O6. The molecule has 0 aliphatic heterocycles. The van der Waals surface area contributed by atoms with Crippen molar-refractivity contribution in [2.45, 2.75) is 32.2 Å². The summed E-state index contributed by atoms with van der Waals surface area (Å²) in [5.41, 5.74) is 10.3. The summed E-state index contributed by atoms with van der Waals surface area (Å²) in [6.07, 6.45) is 0.270. The number of carbonyl (C=O) groups excluding carboxylic acids is 5. The number of imide groups is 1. The van der Waals surface area contributed by atoms with Crippen LogP contribution in [0.15, 0.2) is 0 Å². The maximum atomic E-state index is 11.4. The van der Waals surface area contributed by atoms with Gasteiger partial charge in [0, 0.05) is 0 Å². The SMILES string of the molecule is CCCCOC(=O)NC(=O)CNC(=O)CNC(=O)[C@@H](N)CC(N)=O. The number of amides is 5. The number of rotatable bonds is 10. The molecule has 0 heterocycles. The van der Waals surface area contributed by atoms with Crippen LogP contribution in [0.4, 0.5) is 4.79 Å². The van der Waals surface area contributed by atoms with E-state index in [1.54, 1.807) is 0 Å². The molecule has 0 aromatic rings. The summed E-state index contributed by atoms with van der Waals surface area (Å²) >= 11 is 0. The Morgan fingerprint density at radius 1 is 1.04 bits per heavy atom. The molecule has 136 valence electrons. The number of nitrogens with one attached hydrogen (secondary N) is 3. The van der Waals surface area contributed by atoms with E-state index in [0.29, 0.717) is 6.42 Å². The van der Waals surface area contributed by atoms with Crippen molar-refractivity contribution in [2.75, 3.05) is 19.7 Å². The van der Waals surface area contributed by atoms with Crippen molar-refractivity contribution >= 4 is 29.7 Å². The van der Waals surface area contributed by atoms with E-state index in [1.807, 2.05) is 12.2 Å². The Morgan fingerprint density at radius 2 is 1.67 bits per heavy atom. The second-order valence-electron chi connectivity index (χ2n) is 4.81. The number of alkyl carbamates (subject to hydrolysis) is 1. The van der Waals surface area contributed by atoms with Crippen molar-refractivity contribution in [3.63, 3.8) is 0 Å². The lowest BCUT2D eigenvalue weighted by atomic mass is 10.2. The highest BCUT2D eigenvalue weighted by Gasteiger charge is 2.17. The number of primary amides is 1. The minimum atomic E-state index is -1.16. The molecule has 24 heavy (non-hydrogen) atoms. The first kappa shape index (κ1) is 21.3. The van der Waals surface area contributed by atoms with Gasteiger partial charge in [-0.15, -0.1) is 0 Å². The summed E-state index contributed by atoms with van der Waals surface area (Å²) in [6.45, 7) is 1.20. The Morgan fingerprint density at radius 3 is 2.25 bits per heavy atom. The lowest BCUT2D eigenvalue weighted by molar-refractivity contribution is -0.129. The molecule has 0 aromatic carbocycles. The van der Waals surface area contributed by atoms with Crippen LogP contribution >= 0.6 is 0 Å². The molecule has 7 N–H and O–H groups in total. The summed E-state index contributed by atoms with van der Waals surface area (Å²) in [5.74, 6) is -2.91. The van der Waals surface area contributed by atoms with Gasteiger partial charge in [-0.3, -0.25) is 24.5 Å². The zero-order valence-electron chi connectivity index (χ0n) is 13.4. The number of ether oxygens (including phenoxy) is 1. The molecular weight excluding hydrogens is 322 g/mol. The van der Waals surface area contributed by atoms with Gasteiger partial charge < -0.3 is 26.8 Å². The molecule has 0 rings (SSSR count). The van der Waals surface area contributed by atoms with Gasteiger partial charge in [0.2, 0.25) is 23.6 Å². The third-order valence-electron chi connectivity index (χ3n) is 2.60. The third kappa shape index (κ3) is 11.0. The zero-order valence-corrected chi connectivity index (χ0v) is 13.4. The predicted molar refractivity (Wildman–Crippen MR) is 82.2 cm³/mol. The minimum Gasteiger partial charge on any atom is -0.449 e. The predicted octanol–water partition coefficient (Wildman–Crippen LogP) is -2.53. The standard InChI is InChI=1S/C13H23N5O6/c1-2-3-4-24-13(23)18-11(21)7-16-10(20)6-17-12(22)8(14)5-9(15)19/h8H,2-7,14H2,1H3,(H2,15,19)(H,16,20)(H,17,22)(H,18,21,23)/t8-/m0/s1. The van der Waals surface area contributed by atoms with E-state index in [2.05, 4.69) is 10.6 Å². The summed E-state index contributed by atoms with van der Waals surface area (Å²) in [7, 11) is 0. The third-order valence-corrected chi connectivity index (χ3v) is 2.60. The van der Waals surface area contributed by atoms with Crippen LogP contribution in [0.5, 0.6) is 0 Å². The topological polar surface area (TPSA) is 183 Å². The number of hydrogen-bond acceptors (Lipinski definition) is 7. The fourth-order valence-corrected chi connectivity index (χ4v) is 1.35. The van der Waals surface area contributed by atoms with Gasteiger partial charge in [0.15, 0.2) is 0 Å². The normalized spacial score (nSPS) is 11.1. The molecule has 0 radical (unpaired) electrons. The van der Waals surface area contributed by atoms with Crippen LogP contribution in [0.2, 0.25) is 0 Å². The number of carbonyl (C=O) groups is 5. The van der Waals surface area contributed by atoms with Crippen molar-refractivity contribution in [1.82, 2.24) is 16.0 Å². The Kier molecular flexibility index (Phi) is 10.5. The average Bonchev–Trinajstić information content (AvgIpc) is 2.50. The molecule has 0 aliphatic carbocycles. The zero-order chi connectivity index (χ0) is 18.5. The maximum Gasteiger partial charge on any atom is 0.413 e. The Balaban J connectivity index is 3.92. The van der Waals surface area contributed by atoms with E-state index in [4.69, 9.17) is 16.2 Å². The fraction of sp³-hybridized carbons (Fsp3) is 0.615. The van der Waals surface area contributed by atoms with E-state index in [-0.39, 0.29) is 13.0 Å². The molecule has 0 unspecified atom stereocenters. The van der Waals surface area contributed by atoms with Crippen molar-refractivity contribution in [2.24, 2.45) is 11.5 Å². The number of hydrogen-bond donors (Lipinski definition) is 5. The first-order chi connectivity index (χ1) is 11.3. The smallest absolute Gasteiger partial charge is 0.413 e. The van der Waals surface area contributed by atoms with E-state index >= 15 is 0 Å². The van der Waals surface area contributed by atoms with Crippen LogP contribution in [-0.4, -0.2) is 55.5 Å². The van der Waals surface area contributed by atoms with Gasteiger partial charge in [-0.1, -0.05) is 13.3 Å². The highest BCUT2D eigenvalue weighted by molar-refractivity contribution is 5.95. The monoisotopic (exact) mass is 345 g/mol. The summed E-state index contributed by atoms with van der Waals surface area (Å²) < 4.78 is 4.70. The second-order valence-corrected chi connectivity index (χ2v) is 4.81. The van der Waals surface area contributed by atoms with Crippen molar-refractivity contribution in [3.8, 4) is 0 Å². The van der Waals surface area contributed by atoms with Gasteiger partial charge in [0.1, 0.15) is 0 Å². The van der Waals surface area contributed by atoms with Crippen LogP contribution in [0.3, 0.4) is 0 Å². The number of unbranched alkanes of at least 4 members (excludes halogenated alkanes) is 1. The van der Waals surface area contributed by atoms with Gasteiger partial charge in [-0.05, 0) is 6.42 Å². The molecule has 0 aliphatic rings. The van der Waals surface area contributed by atoms with Crippen molar-refractivity contribution in [1.29, 1.82) is 0 Å². The lowest BCUT2D eigenvalue weighted by Gasteiger charge is -2.10. The lowest BCUT2D eigenvalue weighted by Crippen LogP contribution is -2.47. The molecule has 1 atom stereocenters. The van der Waals surface area contributed by atoms with Gasteiger partial charge in [-0.25, -0.2) is 4.79 Å². The molecule has 5 amide bonds. The molecule has 0 fully saturated rings. The van der Waals surface area contributed by atoms with Crippen LogP contribution in [0.1, 0.15) is 26.2 Å². The Bertz CT molecular complexity index is 481. The van der Waals surface area contributed by atoms with Crippen molar-refractivity contribution < 1.29 is 28.7 Å². The molecule has 0 saturated carbocycles. The van der Waals surface area contributed by atoms with Crippen LogP contribution in [0, 0.1) is 0 Å².